The van der Waals surface area contributed by atoms with Gasteiger partial charge in [-0.1, -0.05) is 86.6 Å². The molecule has 2 atom stereocenters. The summed E-state index contributed by atoms with van der Waals surface area (Å²) in [6.07, 6.45) is 10.1. The number of piperazine rings is 1. The lowest BCUT2D eigenvalue weighted by molar-refractivity contribution is 0.238. The number of nitrogens with two attached hydrogens (primary N) is 1. The van der Waals surface area contributed by atoms with Crippen molar-refractivity contribution in [3.8, 4) is 0 Å². The number of likely N-dealkylation sites (tertiary alicyclic amines) is 1. The second kappa shape index (κ2) is 18.0. The first-order valence-electron chi connectivity index (χ1n) is 13.0. The SMILES string of the molecule is C=C(C1CCN(C(C)N)C1)N1CCNCC1.CC.CC(C)C1CCCCC1.CCC. The minimum absolute atomic E-state index is 0.181. The van der Waals surface area contributed by atoms with Crippen molar-refractivity contribution < 1.29 is 0 Å². The van der Waals surface area contributed by atoms with Gasteiger partial charge in [0, 0.05) is 50.9 Å². The highest BCUT2D eigenvalue weighted by molar-refractivity contribution is 5.05. The molecule has 0 amide bonds. The zero-order valence-corrected chi connectivity index (χ0v) is 21.7. The number of hydrogen-bond acceptors (Lipinski definition) is 4. The molecule has 0 bridgehead atoms. The van der Waals surface area contributed by atoms with Gasteiger partial charge in [-0.25, -0.2) is 0 Å². The van der Waals surface area contributed by atoms with Gasteiger partial charge in [0.2, 0.25) is 0 Å². The topological polar surface area (TPSA) is 44.5 Å². The van der Waals surface area contributed by atoms with Crippen molar-refractivity contribution in [3.63, 3.8) is 0 Å². The maximum Gasteiger partial charge on any atom is 0.0542 e. The van der Waals surface area contributed by atoms with Gasteiger partial charge in [-0.2, -0.15) is 0 Å². The highest BCUT2D eigenvalue weighted by atomic mass is 15.3. The Morgan fingerprint density at radius 1 is 0.967 bits per heavy atom. The van der Waals surface area contributed by atoms with Gasteiger partial charge in [-0.05, 0) is 25.2 Å². The lowest BCUT2D eigenvalue weighted by atomic mass is 9.82. The van der Waals surface area contributed by atoms with Gasteiger partial charge in [0.25, 0.3) is 0 Å². The monoisotopic (exact) mass is 424 g/mol. The summed E-state index contributed by atoms with van der Waals surface area (Å²) in [6, 6.07) is 0. The van der Waals surface area contributed by atoms with E-state index in [-0.39, 0.29) is 6.17 Å². The normalized spacial score (nSPS) is 23.4. The molecule has 0 aromatic heterocycles. The molecule has 3 N–H and O–H groups in total. The molecule has 2 aliphatic heterocycles. The van der Waals surface area contributed by atoms with Crippen LogP contribution in [0.3, 0.4) is 0 Å². The Kier molecular flexibility index (Phi) is 17.7. The molecule has 2 unspecified atom stereocenters. The zero-order valence-electron chi connectivity index (χ0n) is 21.7. The van der Waals surface area contributed by atoms with Crippen LogP contribution < -0.4 is 11.1 Å². The van der Waals surface area contributed by atoms with Crippen LogP contribution in [0.2, 0.25) is 0 Å². The fourth-order valence-electron chi connectivity index (χ4n) is 4.44. The van der Waals surface area contributed by atoms with E-state index >= 15 is 0 Å². The van der Waals surface area contributed by atoms with E-state index in [0.29, 0.717) is 5.92 Å². The Hall–Kier alpha value is -0.580. The Balaban J connectivity index is 0.000000508. The number of nitrogens with one attached hydrogen (secondary N) is 1. The maximum atomic E-state index is 5.91. The van der Waals surface area contributed by atoms with Crippen LogP contribution >= 0.6 is 0 Å². The van der Waals surface area contributed by atoms with Crippen molar-refractivity contribution in [2.45, 2.75) is 99.6 Å². The zero-order chi connectivity index (χ0) is 22.9. The van der Waals surface area contributed by atoms with Crippen LogP contribution in [0.15, 0.2) is 12.3 Å². The molecule has 0 aromatic carbocycles. The first kappa shape index (κ1) is 29.4. The van der Waals surface area contributed by atoms with Gasteiger partial charge >= 0.3 is 0 Å². The molecule has 3 fully saturated rings. The quantitative estimate of drug-likeness (QED) is 0.608. The molecule has 4 heteroatoms. The van der Waals surface area contributed by atoms with Crippen LogP contribution in [0.5, 0.6) is 0 Å². The lowest BCUT2D eigenvalue weighted by Gasteiger charge is -2.34. The van der Waals surface area contributed by atoms with Gasteiger partial charge in [-0.3, -0.25) is 4.90 Å². The van der Waals surface area contributed by atoms with Crippen LogP contribution in [0, 0.1) is 17.8 Å². The van der Waals surface area contributed by atoms with E-state index in [9.17, 15) is 0 Å². The predicted octanol–water partition coefficient (Wildman–Crippen LogP) is 5.70. The van der Waals surface area contributed by atoms with Crippen molar-refractivity contribution in [1.82, 2.24) is 15.1 Å². The average Bonchev–Trinajstić information content (AvgIpc) is 3.28. The van der Waals surface area contributed by atoms with Gasteiger partial charge < -0.3 is 16.0 Å². The molecule has 180 valence electrons. The molecular formula is C26H56N4. The van der Waals surface area contributed by atoms with Crippen LogP contribution in [0.1, 0.15) is 93.4 Å². The Labute approximate surface area is 190 Å². The summed E-state index contributed by atoms with van der Waals surface area (Å²) < 4.78 is 0. The van der Waals surface area contributed by atoms with Crippen LogP contribution in [-0.4, -0.2) is 55.2 Å². The largest absolute Gasteiger partial charge is 0.372 e. The molecular weight excluding hydrogens is 368 g/mol. The van der Waals surface area contributed by atoms with Gasteiger partial charge in [0.15, 0.2) is 0 Å². The summed E-state index contributed by atoms with van der Waals surface area (Å²) in [4.78, 5) is 4.78. The van der Waals surface area contributed by atoms with Crippen LogP contribution in [-0.2, 0) is 0 Å². The fraction of sp³-hybridized carbons (Fsp3) is 0.923. The van der Waals surface area contributed by atoms with E-state index in [2.05, 4.69) is 56.3 Å². The minimum atomic E-state index is 0.181. The number of rotatable bonds is 4. The first-order valence-corrected chi connectivity index (χ1v) is 13.0. The second-order valence-corrected chi connectivity index (χ2v) is 9.30. The molecule has 1 saturated carbocycles. The highest BCUT2D eigenvalue weighted by Gasteiger charge is 2.28. The Bertz CT molecular complexity index is 396. The summed E-state index contributed by atoms with van der Waals surface area (Å²) in [6.45, 7) is 25.9. The smallest absolute Gasteiger partial charge is 0.0542 e. The Morgan fingerprint density at radius 2 is 1.50 bits per heavy atom. The third kappa shape index (κ3) is 11.7. The van der Waals surface area contributed by atoms with E-state index in [1.165, 1.54) is 50.6 Å². The predicted molar refractivity (Wildman–Crippen MR) is 136 cm³/mol. The third-order valence-electron chi connectivity index (χ3n) is 6.38. The number of hydrogen-bond donors (Lipinski definition) is 2. The van der Waals surface area contributed by atoms with Crippen molar-refractivity contribution in [2.75, 3.05) is 39.3 Å². The van der Waals surface area contributed by atoms with Gasteiger partial charge in [0.05, 0.1) is 6.17 Å². The molecule has 30 heavy (non-hydrogen) atoms. The highest BCUT2D eigenvalue weighted by Crippen LogP contribution is 2.29. The summed E-state index contributed by atoms with van der Waals surface area (Å²) in [7, 11) is 0. The molecule has 0 radical (unpaired) electrons. The summed E-state index contributed by atoms with van der Waals surface area (Å²) in [5.74, 6) is 2.60. The van der Waals surface area contributed by atoms with Crippen molar-refractivity contribution >= 4 is 0 Å². The second-order valence-electron chi connectivity index (χ2n) is 9.30. The summed E-state index contributed by atoms with van der Waals surface area (Å²) in [5.41, 5.74) is 7.23. The van der Waals surface area contributed by atoms with E-state index in [0.717, 1.165) is 51.1 Å². The average molecular weight is 425 g/mol. The first-order chi connectivity index (χ1) is 14.4. The summed E-state index contributed by atoms with van der Waals surface area (Å²) >= 11 is 0. The molecule has 0 aromatic rings. The van der Waals surface area contributed by atoms with Crippen LogP contribution in [0.25, 0.3) is 0 Å². The summed E-state index contributed by atoms with van der Waals surface area (Å²) in [5, 5.41) is 3.37. The van der Waals surface area contributed by atoms with Gasteiger partial charge in [-0.15, -0.1) is 0 Å². The fourth-order valence-corrected chi connectivity index (χ4v) is 4.44. The van der Waals surface area contributed by atoms with Crippen molar-refractivity contribution in [2.24, 2.45) is 23.5 Å². The van der Waals surface area contributed by atoms with Crippen molar-refractivity contribution in [3.05, 3.63) is 12.3 Å². The molecule has 4 nitrogen and oxygen atoms in total. The number of nitrogens with zero attached hydrogens (tertiary/aromatic N) is 2. The van der Waals surface area contributed by atoms with E-state index in [1.54, 1.807) is 0 Å². The molecule has 2 heterocycles. The lowest BCUT2D eigenvalue weighted by Crippen LogP contribution is -2.44. The molecule has 1 aliphatic carbocycles. The molecule has 2 saturated heterocycles. The molecule has 3 aliphatic rings. The van der Waals surface area contributed by atoms with E-state index < -0.39 is 0 Å². The van der Waals surface area contributed by atoms with Gasteiger partial charge in [0.1, 0.15) is 0 Å². The standard InChI is InChI=1S/C12H24N4.C9H18.C3H8.C2H6/c1-10(15-7-4-14-5-8-15)12-3-6-16(9-12)11(2)13;1-8(2)9-6-4-3-5-7-9;1-3-2;1-2/h11-12,14H,1,3-9,13H2,2H3;8-9H,3-7H2,1-2H3;3H2,1-2H3;1-2H3. The molecule has 0 spiro atoms. The van der Waals surface area contributed by atoms with Crippen molar-refractivity contribution in [1.29, 1.82) is 0 Å². The third-order valence-corrected chi connectivity index (χ3v) is 6.38. The van der Waals surface area contributed by atoms with E-state index in [1.807, 2.05) is 13.8 Å². The minimum Gasteiger partial charge on any atom is -0.372 e. The molecule has 3 rings (SSSR count). The Morgan fingerprint density at radius 3 is 1.90 bits per heavy atom. The van der Waals surface area contributed by atoms with Crippen LogP contribution in [0.4, 0.5) is 0 Å². The van der Waals surface area contributed by atoms with E-state index in [4.69, 9.17) is 5.73 Å². The maximum absolute atomic E-state index is 5.91.